The van der Waals surface area contributed by atoms with E-state index < -0.39 is 0 Å². The van der Waals surface area contributed by atoms with Crippen LogP contribution in [0, 0.1) is 0 Å². The van der Waals surface area contributed by atoms with Gasteiger partial charge in [-0.25, -0.2) is 0 Å². The Kier molecular flexibility index (Phi) is 6.70. The number of anilines is 2. The van der Waals surface area contributed by atoms with Gasteiger partial charge in [0.1, 0.15) is 5.75 Å². The van der Waals surface area contributed by atoms with E-state index in [0.29, 0.717) is 18.0 Å². The average Bonchev–Trinajstić information content (AvgIpc) is 2.42. The maximum absolute atomic E-state index is 11.2. The van der Waals surface area contributed by atoms with Crippen LogP contribution in [-0.4, -0.2) is 25.6 Å². The highest BCUT2D eigenvalue weighted by molar-refractivity contribution is 5.83. The fourth-order valence-electron chi connectivity index (χ4n) is 1.97. The summed E-state index contributed by atoms with van der Waals surface area (Å²) in [6.45, 7) is 5.69. The van der Waals surface area contributed by atoms with Crippen molar-refractivity contribution in [3.05, 3.63) is 18.2 Å². The summed E-state index contributed by atoms with van der Waals surface area (Å²) in [5.74, 6) is 0.302. The minimum atomic E-state index is -0.361. The van der Waals surface area contributed by atoms with E-state index in [2.05, 4.69) is 6.92 Å². The Hall–Kier alpha value is -1.91. The van der Waals surface area contributed by atoms with E-state index in [0.717, 1.165) is 31.5 Å². The molecule has 0 heterocycles. The first-order chi connectivity index (χ1) is 9.60. The van der Waals surface area contributed by atoms with Gasteiger partial charge in [0, 0.05) is 6.54 Å². The molecule has 0 bridgehead atoms. The van der Waals surface area contributed by atoms with Crippen LogP contribution in [0.15, 0.2) is 18.2 Å². The van der Waals surface area contributed by atoms with Crippen molar-refractivity contribution in [2.45, 2.75) is 33.1 Å². The van der Waals surface area contributed by atoms with Crippen LogP contribution in [0.3, 0.4) is 0 Å². The monoisotopic (exact) mass is 279 g/mol. The first-order valence-corrected chi connectivity index (χ1v) is 7.14. The molecule has 112 valence electrons. The second-order valence-electron chi connectivity index (χ2n) is 4.78. The Morgan fingerprint density at radius 1 is 1.30 bits per heavy atom. The van der Waals surface area contributed by atoms with E-state index in [1.165, 1.54) is 0 Å². The minimum Gasteiger partial charge on any atom is -0.491 e. The zero-order chi connectivity index (χ0) is 15.0. The lowest BCUT2D eigenvalue weighted by Crippen LogP contribution is -2.35. The number of hydrogen-bond acceptors (Lipinski definition) is 4. The summed E-state index contributed by atoms with van der Waals surface area (Å²) in [5.41, 5.74) is 12.9. The van der Waals surface area contributed by atoms with Gasteiger partial charge in [0.25, 0.3) is 0 Å². The van der Waals surface area contributed by atoms with E-state index in [1.54, 1.807) is 0 Å². The number of ether oxygens (including phenoxy) is 1. The van der Waals surface area contributed by atoms with Gasteiger partial charge in [0.2, 0.25) is 5.91 Å². The van der Waals surface area contributed by atoms with Crippen molar-refractivity contribution >= 4 is 17.3 Å². The molecule has 0 aliphatic carbocycles. The van der Waals surface area contributed by atoms with Gasteiger partial charge in [-0.3, -0.25) is 4.79 Å². The smallest absolute Gasteiger partial charge is 0.236 e. The quantitative estimate of drug-likeness (QED) is 0.679. The molecule has 1 amide bonds. The standard InChI is InChI=1S/C15H25N3O2/c1-3-5-9-18(11-14(16)19)12-7-6-8-13(15(12)17)20-10-4-2/h6-8H,3-5,9-11,17H2,1-2H3,(H2,16,19). The van der Waals surface area contributed by atoms with Crippen LogP contribution in [0.1, 0.15) is 33.1 Å². The molecule has 5 nitrogen and oxygen atoms in total. The minimum absolute atomic E-state index is 0.168. The molecule has 20 heavy (non-hydrogen) atoms. The van der Waals surface area contributed by atoms with Gasteiger partial charge in [-0.2, -0.15) is 0 Å². The third-order valence-corrected chi connectivity index (χ3v) is 2.97. The summed E-state index contributed by atoms with van der Waals surface area (Å²) in [5, 5.41) is 0. The zero-order valence-corrected chi connectivity index (χ0v) is 12.4. The van der Waals surface area contributed by atoms with Crippen LogP contribution in [0.25, 0.3) is 0 Å². The molecule has 0 saturated carbocycles. The Balaban J connectivity index is 2.96. The van der Waals surface area contributed by atoms with Crippen molar-refractivity contribution in [1.82, 2.24) is 0 Å². The predicted molar refractivity (Wildman–Crippen MR) is 83.0 cm³/mol. The summed E-state index contributed by atoms with van der Waals surface area (Å²) in [6.07, 6.45) is 2.94. The van der Waals surface area contributed by atoms with E-state index in [9.17, 15) is 4.79 Å². The van der Waals surface area contributed by atoms with Crippen LogP contribution in [-0.2, 0) is 4.79 Å². The number of carbonyl (C=O) groups is 1. The first-order valence-electron chi connectivity index (χ1n) is 7.14. The molecule has 0 atom stereocenters. The largest absolute Gasteiger partial charge is 0.491 e. The third kappa shape index (κ3) is 4.64. The number of carbonyl (C=O) groups excluding carboxylic acids is 1. The molecule has 1 rings (SSSR count). The summed E-state index contributed by atoms with van der Waals surface area (Å²) < 4.78 is 5.62. The maximum atomic E-state index is 11.2. The lowest BCUT2D eigenvalue weighted by atomic mass is 10.2. The van der Waals surface area contributed by atoms with Crippen LogP contribution in [0.4, 0.5) is 11.4 Å². The molecule has 0 unspecified atom stereocenters. The van der Waals surface area contributed by atoms with Gasteiger partial charge in [-0.15, -0.1) is 0 Å². The number of nitrogen functional groups attached to an aromatic ring is 1. The second-order valence-corrected chi connectivity index (χ2v) is 4.78. The fourth-order valence-corrected chi connectivity index (χ4v) is 1.97. The van der Waals surface area contributed by atoms with Gasteiger partial charge in [0.05, 0.1) is 24.5 Å². The Bertz CT molecular complexity index is 435. The molecular weight excluding hydrogens is 254 g/mol. The zero-order valence-electron chi connectivity index (χ0n) is 12.4. The molecule has 0 radical (unpaired) electrons. The number of nitrogens with zero attached hydrogens (tertiary/aromatic N) is 1. The van der Waals surface area contributed by atoms with Crippen molar-refractivity contribution in [2.24, 2.45) is 5.73 Å². The molecular formula is C15H25N3O2. The number of hydrogen-bond donors (Lipinski definition) is 2. The summed E-state index contributed by atoms with van der Waals surface area (Å²) in [4.78, 5) is 13.1. The topological polar surface area (TPSA) is 81.6 Å². The van der Waals surface area contributed by atoms with Crippen LogP contribution >= 0.6 is 0 Å². The highest BCUT2D eigenvalue weighted by Gasteiger charge is 2.14. The van der Waals surface area contributed by atoms with E-state index >= 15 is 0 Å². The second kappa shape index (κ2) is 8.30. The van der Waals surface area contributed by atoms with Crippen molar-refractivity contribution in [3.63, 3.8) is 0 Å². The fraction of sp³-hybridized carbons (Fsp3) is 0.533. The van der Waals surface area contributed by atoms with E-state index in [-0.39, 0.29) is 12.5 Å². The van der Waals surface area contributed by atoms with E-state index in [1.807, 2.05) is 30.0 Å². The average molecular weight is 279 g/mol. The molecule has 0 spiro atoms. The van der Waals surface area contributed by atoms with Gasteiger partial charge >= 0.3 is 0 Å². The van der Waals surface area contributed by atoms with Crippen LogP contribution in [0.2, 0.25) is 0 Å². The molecule has 4 N–H and O–H groups in total. The highest BCUT2D eigenvalue weighted by Crippen LogP contribution is 2.32. The van der Waals surface area contributed by atoms with Crippen molar-refractivity contribution in [1.29, 1.82) is 0 Å². The molecule has 1 aromatic rings. The molecule has 0 saturated heterocycles. The predicted octanol–water partition coefficient (Wildman–Crippen LogP) is 2.15. The Labute approximate surface area is 120 Å². The number of primary amides is 1. The molecule has 1 aromatic carbocycles. The van der Waals surface area contributed by atoms with Crippen molar-refractivity contribution in [2.75, 3.05) is 30.3 Å². The molecule has 5 heteroatoms. The summed E-state index contributed by atoms with van der Waals surface area (Å²) >= 11 is 0. The third-order valence-electron chi connectivity index (χ3n) is 2.97. The SMILES string of the molecule is CCCCN(CC(N)=O)c1cccc(OCCC)c1N. The number of unbranched alkanes of at least 4 members (excludes halogenated alkanes) is 1. The Morgan fingerprint density at radius 3 is 2.65 bits per heavy atom. The lowest BCUT2D eigenvalue weighted by Gasteiger charge is -2.25. The number of amides is 1. The van der Waals surface area contributed by atoms with E-state index in [4.69, 9.17) is 16.2 Å². The van der Waals surface area contributed by atoms with Crippen LogP contribution < -0.4 is 21.1 Å². The first kappa shape index (κ1) is 16.1. The van der Waals surface area contributed by atoms with Gasteiger partial charge < -0.3 is 21.1 Å². The molecule has 0 aromatic heterocycles. The normalized spacial score (nSPS) is 10.3. The van der Waals surface area contributed by atoms with Crippen LogP contribution in [0.5, 0.6) is 5.75 Å². The molecule has 0 aliphatic heterocycles. The van der Waals surface area contributed by atoms with Crippen molar-refractivity contribution < 1.29 is 9.53 Å². The van der Waals surface area contributed by atoms with Gasteiger partial charge in [0.15, 0.2) is 0 Å². The number of nitrogens with two attached hydrogens (primary N) is 2. The van der Waals surface area contributed by atoms with Gasteiger partial charge in [-0.05, 0) is 25.0 Å². The highest BCUT2D eigenvalue weighted by atomic mass is 16.5. The number of benzene rings is 1. The Morgan fingerprint density at radius 2 is 2.05 bits per heavy atom. The molecule has 0 aliphatic rings. The lowest BCUT2D eigenvalue weighted by molar-refractivity contribution is -0.116. The number of para-hydroxylation sites is 1. The van der Waals surface area contributed by atoms with Crippen molar-refractivity contribution in [3.8, 4) is 5.75 Å². The summed E-state index contributed by atoms with van der Waals surface area (Å²) in [6, 6.07) is 5.63. The van der Waals surface area contributed by atoms with Gasteiger partial charge in [-0.1, -0.05) is 26.3 Å². The maximum Gasteiger partial charge on any atom is 0.236 e. The number of rotatable bonds is 9. The summed E-state index contributed by atoms with van der Waals surface area (Å²) in [7, 11) is 0. The molecule has 0 fully saturated rings.